The van der Waals surface area contributed by atoms with Gasteiger partial charge in [-0.25, -0.2) is 9.97 Å². The third-order valence-electron chi connectivity index (χ3n) is 4.16. The number of hydrogen-bond donors (Lipinski definition) is 2. The summed E-state index contributed by atoms with van der Waals surface area (Å²) in [6, 6.07) is 2.75. The highest BCUT2D eigenvalue weighted by Gasteiger charge is 2.23. The SMILES string of the molecule is C[C@@H](CCN(C)c1ncnc2[nH]ccc12)C1CCN1. The molecule has 19 heavy (non-hydrogen) atoms. The van der Waals surface area contributed by atoms with E-state index in [0.29, 0.717) is 6.04 Å². The van der Waals surface area contributed by atoms with Crippen molar-refractivity contribution in [3.05, 3.63) is 18.6 Å². The first-order valence-electron chi connectivity index (χ1n) is 6.98. The maximum atomic E-state index is 4.42. The highest BCUT2D eigenvalue weighted by Crippen LogP contribution is 2.23. The molecule has 5 heteroatoms. The number of nitrogens with one attached hydrogen (secondary N) is 2. The fourth-order valence-corrected chi connectivity index (χ4v) is 2.66. The van der Waals surface area contributed by atoms with Gasteiger partial charge < -0.3 is 15.2 Å². The lowest BCUT2D eigenvalue weighted by molar-refractivity contribution is 0.266. The Balaban J connectivity index is 1.66. The van der Waals surface area contributed by atoms with Crippen molar-refractivity contribution in [2.45, 2.75) is 25.8 Å². The molecule has 5 nitrogen and oxygen atoms in total. The maximum absolute atomic E-state index is 4.42. The van der Waals surface area contributed by atoms with Crippen LogP contribution in [0.1, 0.15) is 19.8 Å². The summed E-state index contributed by atoms with van der Waals surface area (Å²) in [5, 5.41) is 4.58. The molecule has 3 heterocycles. The average molecular weight is 259 g/mol. The van der Waals surface area contributed by atoms with Crippen molar-refractivity contribution >= 4 is 16.9 Å². The number of rotatable bonds is 5. The zero-order valence-electron chi connectivity index (χ0n) is 11.6. The second-order valence-electron chi connectivity index (χ2n) is 5.47. The van der Waals surface area contributed by atoms with Crippen molar-refractivity contribution in [3.8, 4) is 0 Å². The first-order valence-corrected chi connectivity index (χ1v) is 6.98. The monoisotopic (exact) mass is 259 g/mol. The lowest BCUT2D eigenvalue weighted by Crippen LogP contribution is -2.47. The number of hydrogen-bond acceptors (Lipinski definition) is 4. The second-order valence-corrected chi connectivity index (χ2v) is 5.47. The van der Waals surface area contributed by atoms with Gasteiger partial charge in [0.1, 0.15) is 17.8 Å². The number of aromatic nitrogens is 3. The van der Waals surface area contributed by atoms with Gasteiger partial charge in [-0.05, 0) is 31.4 Å². The molecule has 2 N–H and O–H groups in total. The van der Waals surface area contributed by atoms with Crippen LogP contribution in [0.5, 0.6) is 0 Å². The quantitative estimate of drug-likeness (QED) is 0.859. The number of H-pyrrole nitrogens is 1. The standard InChI is InChI=1S/C14H21N5/c1-10(12-4-7-15-12)5-8-19(2)14-11-3-6-16-13(11)17-9-18-14/h3,6,9-10,12,15H,4-5,7-8H2,1-2H3,(H,16,17,18)/t10-,12?/m0/s1. The molecule has 0 aliphatic carbocycles. The highest BCUT2D eigenvalue weighted by molar-refractivity contribution is 5.87. The molecule has 0 bridgehead atoms. The first kappa shape index (κ1) is 12.4. The van der Waals surface area contributed by atoms with Crippen molar-refractivity contribution in [1.29, 1.82) is 0 Å². The van der Waals surface area contributed by atoms with Crippen LogP contribution >= 0.6 is 0 Å². The van der Waals surface area contributed by atoms with Gasteiger partial charge in [-0.2, -0.15) is 0 Å². The van der Waals surface area contributed by atoms with Gasteiger partial charge in [-0.1, -0.05) is 6.92 Å². The Kier molecular flexibility index (Phi) is 3.38. The van der Waals surface area contributed by atoms with Gasteiger partial charge in [0.25, 0.3) is 0 Å². The number of fused-ring (bicyclic) bond motifs is 1. The van der Waals surface area contributed by atoms with Crippen LogP contribution in [-0.2, 0) is 0 Å². The first-order chi connectivity index (χ1) is 9.25. The van der Waals surface area contributed by atoms with Crippen molar-refractivity contribution in [3.63, 3.8) is 0 Å². The molecule has 1 aliphatic heterocycles. The Morgan fingerprint density at radius 1 is 1.47 bits per heavy atom. The zero-order valence-corrected chi connectivity index (χ0v) is 11.6. The minimum absolute atomic E-state index is 0.714. The molecule has 1 saturated heterocycles. The summed E-state index contributed by atoms with van der Waals surface area (Å²) in [6.45, 7) is 4.54. The summed E-state index contributed by atoms with van der Waals surface area (Å²) in [4.78, 5) is 14.0. The van der Waals surface area contributed by atoms with Crippen molar-refractivity contribution in [2.75, 3.05) is 25.0 Å². The highest BCUT2D eigenvalue weighted by atomic mass is 15.2. The predicted octanol–water partition coefficient (Wildman–Crippen LogP) is 1.78. The number of anilines is 1. The van der Waals surface area contributed by atoms with Gasteiger partial charge in [0.15, 0.2) is 0 Å². The molecule has 0 amide bonds. The van der Waals surface area contributed by atoms with Crippen molar-refractivity contribution in [2.24, 2.45) is 5.92 Å². The van der Waals surface area contributed by atoms with Crippen molar-refractivity contribution in [1.82, 2.24) is 20.3 Å². The summed E-state index contributed by atoms with van der Waals surface area (Å²) in [5.74, 6) is 1.74. The molecule has 2 atom stereocenters. The van der Waals surface area contributed by atoms with Crippen LogP contribution < -0.4 is 10.2 Å². The molecule has 2 aromatic heterocycles. The molecule has 2 aromatic rings. The van der Waals surface area contributed by atoms with Gasteiger partial charge in [0, 0.05) is 25.8 Å². The van der Waals surface area contributed by atoms with E-state index in [9.17, 15) is 0 Å². The van der Waals surface area contributed by atoms with E-state index in [-0.39, 0.29) is 0 Å². The van der Waals surface area contributed by atoms with Gasteiger partial charge >= 0.3 is 0 Å². The van der Waals surface area contributed by atoms with Crippen molar-refractivity contribution < 1.29 is 0 Å². The van der Waals surface area contributed by atoms with E-state index in [1.807, 2.05) is 12.3 Å². The predicted molar refractivity (Wildman–Crippen MR) is 77.3 cm³/mol. The van der Waals surface area contributed by atoms with Gasteiger partial charge in [-0.3, -0.25) is 0 Å². The summed E-state index contributed by atoms with van der Waals surface area (Å²) < 4.78 is 0. The van der Waals surface area contributed by atoms with E-state index < -0.39 is 0 Å². The normalized spacial score (nSPS) is 20.2. The third-order valence-corrected chi connectivity index (χ3v) is 4.16. The van der Waals surface area contributed by atoms with E-state index in [1.165, 1.54) is 19.4 Å². The molecule has 1 fully saturated rings. The Morgan fingerprint density at radius 3 is 3.05 bits per heavy atom. The molecular weight excluding hydrogens is 238 g/mol. The van der Waals surface area contributed by atoms with Gasteiger partial charge in [-0.15, -0.1) is 0 Å². The molecule has 0 spiro atoms. The summed E-state index contributed by atoms with van der Waals surface area (Å²) >= 11 is 0. The zero-order chi connectivity index (χ0) is 13.2. The second kappa shape index (κ2) is 5.17. The summed E-state index contributed by atoms with van der Waals surface area (Å²) in [5.41, 5.74) is 0.908. The van der Waals surface area contributed by atoms with E-state index in [1.54, 1.807) is 6.33 Å². The van der Waals surface area contributed by atoms with Gasteiger partial charge in [0.2, 0.25) is 0 Å². The van der Waals surface area contributed by atoms with Crippen LogP contribution in [0.25, 0.3) is 11.0 Å². The Hall–Kier alpha value is -1.62. The summed E-state index contributed by atoms with van der Waals surface area (Å²) in [7, 11) is 2.11. The molecule has 1 aliphatic rings. The van der Waals surface area contributed by atoms with Crippen LogP contribution in [0.15, 0.2) is 18.6 Å². The van der Waals surface area contributed by atoms with E-state index in [4.69, 9.17) is 0 Å². The summed E-state index contributed by atoms with van der Waals surface area (Å²) in [6.07, 6.45) is 6.05. The molecule has 3 rings (SSSR count). The minimum Gasteiger partial charge on any atom is -0.359 e. The average Bonchev–Trinajstić information content (AvgIpc) is 2.81. The van der Waals surface area contributed by atoms with Crippen LogP contribution in [0, 0.1) is 5.92 Å². The number of nitrogens with zero attached hydrogens (tertiary/aromatic N) is 3. The maximum Gasteiger partial charge on any atom is 0.142 e. The van der Waals surface area contributed by atoms with Crippen LogP contribution in [0.2, 0.25) is 0 Å². The molecular formula is C14H21N5. The minimum atomic E-state index is 0.714. The van der Waals surface area contributed by atoms with E-state index >= 15 is 0 Å². The van der Waals surface area contributed by atoms with Crippen LogP contribution in [0.4, 0.5) is 5.82 Å². The molecule has 0 saturated carbocycles. The van der Waals surface area contributed by atoms with Gasteiger partial charge in [0.05, 0.1) is 5.39 Å². The fourth-order valence-electron chi connectivity index (χ4n) is 2.66. The van der Waals surface area contributed by atoms with E-state index in [0.717, 1.165) is 29.3 Å². The Bertz CT molecular complexity index is 546. The number of aromatic amines is 1. The lowest BCUT2D eigenvalue weighted by Gasteiger charge is -2.34. The third kappa shape index (κ3) is 2.42. The molecule has 0 radical (unpaired) electrons. The Labute approximate surface area is 113 Å². The van der Waals surface area contributed by atoms with E-state index in [2.05, 4.69) is 39.1 Å². The van der Waals surface area contributed by atoms with Crippen LogP contribution in [0.3, 0.4) is 0 Å². The topological polar surface area (TPSA) is 56.8 Å². The molecule has 0 aromatic carbocycles. The molecule has 102 valence electrons. The van der Waals surface area contributed by atoms with Crippen LogP contribution in [-0.4, -0.2) is 41.1 Å². The Morgan fingerprint density at radius 2 is 2.32 bits per heavy atom. The smallest absolute Gasteiger partial charge is 0.142 e. The fraction of sp³-hybridized carbons (Fsp3) is 0.571. The molecule has 1 unspecified atom stereocenters. The lowest BCUT2D eigenvalue weighted by atomic mass is 9.91. The largest absolute Gasteiger partial charge is 0.359 e.